The largest absolute Gasteiger partial charge is 0.379 e. The van der Waals surface area contributed by atoms with Gasteiger partial charge in [0.25, 0.3) is 0 Å². The molecule has 0 saturated carbocycles. The molecular weight excluding hydrogens is 359 g/mol. The molecule has 0 unspecified atom stereocenters. The van der Waals surface area contributed by atoms with Crippen LogP contribution in [0.2, 0.25) is 10.0 Å². The molecule has 100 valence electrons. The van der Waals surface area contributed by atoms with Crippen LogP contribution in [-0.2, 0) is 6.54 Å². The van der Waals surface area contributed by atoms with E-state index in [4.69, 9.17) is 23.2 Å². The normalized spacial score (nSPS) is 10.6. The van der Waals surface area contributed by atoms with Crippen molar-refractivity contribution in [3.63, 3.8) is 0 Å². The molecule has 2 rings (SSSR count). The van der Waals surface area contributed by atoms with Crippen LogP contribution in [0.3, 0.4) is 0 Å². The van der Waals surface area contributed by atoms with Crippen LogP contribution in [0.5, 0.6) is 0 Å². The van der Waals surface area contributed by atoms with Crippen LogP contribution in [0.25, 0.3) is 0 Å². The van der Waals surface area contributed by atoms with E-state index in [1.807, 2.05) is 0 Å². The van der Waals surface area contributed by atoms with E-state index >= 15 is 0 Å². The van der Waals surface area contributed by atoms with E-state index in [9.17, 15) is 8.78 Å². The molecule has 0 aliphatic rings. The Morgan fingerprint density at radius 1 is 1.00 bits per heavy atom. The maximum atomic E-state index is 13.5. The van der Waals surface area contributed by atoms with Gasteiger partial charge in [-0.15, -0.1) is 0 Å². The Balaban J connectivity index is 2.22. The monoisotopic (exact) mass is 365 g/mol. The summed E-state index contributed by atoms with van der Waals surface area (Å²) >= 11 is 15.2. The standard InChI is InChI=1S/C13H8BrCl2F2N/c14-8-4-5-11(13(16)12(8)15)19-6-7-9(17)2-1-3-10(7)18/h1-5,19H,6H2. The third kappa shape index (κ3) is 3.19. The molecule has 0 spiro atoms. The van der Waals surface area contributed by atoms with E-state index < -0.39 is 11.6 Å². The summed E-state index contributed by atoms with van der Waals surface area (Å²) in [6.45, 7) is -0.0177. The summed E-state index contributed by atoms with van der Waals surface area (Å²) in [5.74, 6) is -1.21. The van der Waals surface area contributed by atoms with Crippen LogP contribution in [0, 0.1) is 11.6 Å². The molecule has 0 amide bonds. The van der Waals surface area contributed by atoms with Crippen molar-refractivity contribution in [3.05, 3.63) is 62.0 Å². The van der Waals surface area contributed by atoms with Crippen molar-refractivity contribution in [1.82, 2.24) is 0 Å². The van der Waals surface area contributed by atoms with Crippen LogP contribution >= 0.6 is 39.1 Å². The van der Waals surface area contributed by atoms with Gasteiger partial charge in [-0.1, -0.05) is 29.3 Å². The Morgan fingerprint density at radius 2 is 1.63 bits per heavy atom. The smallest absolute Gasteiger partial charge is 0.131 e. The molecule has 0 bridgehead atoms. The van der Waals surface area contributed by atoms with E-state index in [1.54, 1.807) is 12.1 Å². The van der Waals surface area contributed by atoms with E-state index in [2.05, 4.69) is 21.2 Å². The summed E-state index contributed by atoms with van der Waals surface area (Å²) in [6.07, 6.45) is 0. The van der Waals surface area contributed by atoms with Gasteiger partial charge in [0, 0.05) is 16.6 Å². The van der Waals surface area contributed by atoms with Crippen LogP contribution in [0.1, 0.15) is 5.56 Å². The van der Waals surface area contributed by atoms with E-state index in [0.717, 1.165) is 0 Å². The van der Waals surface area contributed by atoms with Gasteiger partial charge in [-0.25, -0.2) is 8.78 Å². The first kappa shape index (κ1) is 14.6. The van der Waals surface area contributed by atoms with Crippen molar-refractivity contribution < 1.29 is 8.78 Å². The molecular formula is C13H8BrCl2F2N. The van der Waals surface area contributed by atoms with Crippen LogP contribution in [0.4, 0.5) is 14.5 Å². The first-order chi connectivity index (χ1) is 9.00. The zero-order chi connectivity index (χ0) is 14.0. The quantitative estimate of drug-likeness (QED) is 0.692. The topological polar surface area (TPSA) is 12.0 Å². The van der Waals surface area contributed by atoms with Crippen molar-refractivity contribution in [1.29, 1.82) is 0 Å². The summed E-state index contributed by atoms with van der Waals surface area (Å²) in [6, 6.07) is 7.11. The van der Waals surface area contributed by atoms with Crippen molar-refractivity contribution in [2.24, 2.45) is 0 Å². The number of halogens is 5. The third-order valence-electron chi connectivity index (χ3n) is 2.55. The number of benzene rings is 2. The highest BCUT2D eigenvalue weighted by molar-refractivity contribution is 9.10. The van der Waals surface area contributed by atoms with Crippen molar-refractivity contribution in [2.45, 2.75) is 6.54 Å². The fraction of sp³-hybridized carbons (Fsp3) is 0.0769. The van der Waals surface area contributed by atoms with Crippen LogP contribution < -0.4 is 5.32 Å². The fourth-order valence-electron chi connectivity index (χ4n) is 1.55. The van der Waals surface area contributed by atoms with Crippen LogP contribution in [0.15, 0.2) is 34.8 Å². The minimum Gasteiger partial charge on any atom is -0.379 e. The Hall–Kier alpha value is -0.840. The lowest BCUT2D eigenvalue weighted by Gasteiger charge is -2.11. The maximum Gasteiger partial charge on any atom is 0.131 e. The lowest BCUT2D eigenvalue weighted by atomic mass is 10.2. The predicted octanol–water partition coefficient (Wildman–Crippen LogP) is 5.65. The average molecular weight is 367 g/mol. The Morgan fingerprint density at radius 3 is 2.26 bits per heavy atom. The number of hydrogen-bond acceptors (Lipinski definition) is 1. The SMILES string of the molecule is Fc1cccc(F)c1CNc1ccc(Br)c(Cl)c1Cl. The molecule has 0 fully saturated rings. The summed E-state index contributed by atoms with van der Waals surface area (Å²) in [4.78, 5) is 0. The second-order valence-electron chi connectivity index (χ2n) is 3.78. The Kier molecular flexibility index (Phi) is 4.66. The molecule has 0 saturated heterocycles. The van der Waals surface area contributed by atoms with Crippen molar-refractivity contribution in [3.8, 4) is 0 Å². The lowest BCUT2D eigenvalue weighted by Crippen LogP contribution is -2.05. The lowest BCUT2D eigenvalue weighted by molar-refractivity contribution is 0.560. The minimum absolute atomic E-state index is 0.0177. The number of anilines is 1. The summed E-state index contributed by atoms with van der Waals surface area (Å²) < 4.78 is 27.6. The van der Waals surface area contributed by atoms with Gasteiger partial charge in [-0.05, 0) is 40.2 Å². The first-order valence-corrected chi connectivity index (χ1v) is 6.86. The maximum absolute atomic E-state index is 13.5. The number of nitrogens with one attached hydrogen (secondary N) is 1. The molecule has 6 heteroatoms. The van der Waals surface area contributed by atoms with Gasteiger partial charge < -0.3 is 5.32 Å². The van der Waals surface area contributed by atoms with Gasteiger partial charge in [0.05, 0.1) is 15.7 Å². The third-order valence-corrected chi connectivity index (χ3v) is 4.32. The molecule has 2 aromatic carbocycles. The highest BCUT2D eigenvalue weighted by Crippen LogP contribution is 2.36. The summed E-state index contributed by atoms with van der Waals surface area (Å²) in [5.41, 5.74) is 0.468. The zero-order valence-corrected chi connectivity index (χ0v) is 12.6. The molecule has 2 aromatic rings. The second kappa shape index (κ2) is 6.07. The first-order valence-electron chi connectivity index (χ1n) is 5.31. The second-order valence-corrected chi connectivity index (χ2v) is 5.39. The fourth-order valence-corrected chi connectivity index (χ4v) is 2.39. The molecule has 0 aromatic heterocycles. The average Bonchev–Trinajstić information content (AvgIpc) is 2.38. The Bertz CT molecular complexity index is 600. The number of hydrogen-bond donors (Lipinski definition) is 1. The molecule has 0 aliphatic carbocycles. The van der Waals surface area contributed by atoms with Gasteiger partial charge in [0.15, 0.2) is 0 Å². The highest BCUT2D eigenvalue weighted by atomic mass is 79.9. The molecule has 1 N–H and O–H groups in total. The van der Waals surface area contributed by atoms with Gasteiger partial charge in [0.1, 0.15) is 11.6 Å². The Labute approximate surface area is 127 Å². The van der Waals surface area contributed by atoms with Crippen molar-refractivity contribution >= 4 is 44.8 Å². The molecule has 0 heterocycles. The highest BCUT2D eigenvalue weighted by Gasteiger charge is 2.11. The molecule has 0 radical (unpaired) electrons. The molecule has 19 heavy (non-hydrogen) atoms. The van der Waals surface area contributed by atoms with Gasteiger partial charge in [-0.3, -0.25) is 0 Å². The van der Waals surface area contributed by atoms with Crippen LogP contribution in [-0.4, -0.2) is 0 Å². The molecule has 0 aliphatic heterocycles. The zero-order valence-electron chi connectivity index (χ0n) is 9.48. The predicted molar refractivity (Wildman–Crippen MR) is 77.8 cm³/mol. The van der Waals surface area contributed by atoms with Crippen molar-refractivity contribution in [2.75, 3.05) is 5.32 Å². The minimum atomic E-state index is -0.605. The van der Waals surface area contributed by atoms with Gasteiger partial charge in [-0.2, -0.15) is 0 Å². The van der Waals surface area contributed by atoms with E-state index in [-0.39, 0.29) is 12.1 Å². The summed E-state index contributed by atoms with van der Waals surface area (Å²) in [5, 5.41) is 3.51. The molecule has 0 atom stereocenters. The van der Waals surface area contributed by atoms with E-state index in [1.165, 1.54) is 18.2 Å². The molecule has 1 nitrogen and oxygen atoms in total. The number of rotatable bonds is 3. The summed E-state index contributed by atoms with van der Waals surface area (Å²) in [7, 11) is 0. The van der Waals surface area contributed by atoms with Gasteiger partial charge in [0.2, 0.25) is 0 Å². The van der Waals surface area contributed by atoms with Gasteiger partial charge >= 0.3 is 0 Å². The van der Waals surface area contributed by atoms with E-state index in [0.29, 0.717) is 20.2 Å².